The summed E-state index contributed by atoms with van der Waals surface area (Å²) in [7, 11) is 1.76. The number of hydrogen-bond acceptors (Lipinski definition) is 7. The minimum absolute atomic E-state index is 0. The number of carbonyl (C=O) groups is 1. The molecule has 9 nitrogen and oxygen atoms in total. The van der Waals surface area contributed by atoms with Crippen LogP contribution < -0.4 is 5.73 Å². The molecule has 2 aromatic rings. The molecule has 3 rings (SSSR count). The first kappa shape index (κ1) is 21.1. The zero-order chi connectivity index (χ0) is 18.7. The van der Waals surface area contributed by atoms with Gasteiger partial charge < -0.3 is 15.2 Å². The molecule has 11 heteroatoms. The van der Waals surface area contributed by atoms with E-state index in [1.54, 1.807) is 28.6 Å². The number of likely N-dealkylation sites (tertiary alicyclic amines) is 1. The summed E-state index contributed by atoms with van der Waals surface area (Å²) in [6, 6.07) is 4.54. The highest BCUT2D eigenvalue weighted by Gasteiger charge is 2.28. The number of nitro groups is 1. The van der Waals surface area contributed by atoms with E-state index in [-0.39, 0.29) is 30.0 Å². The number of carbonyl (C=O) groups excluding carboxylic acids is 1. The predicted molar refractivity (Wildman–Crippen MR) is 103 cm³/mol. The fourth-order valence-electron chi connectivity index (χ4n) is 3.02. The van der Waals surface area contributed by atoms with Crippen molar-refractivity contribution in [1.82, 2.24) is 19.7 Å². The van der Waals surface area contributed by atoms with Crippen molar-refractivity contribution in [3.8, 4) is 0 Å². The molecule has 0 bridgehead atoms. The van der Waals surface area contributed by atoms with Crippen LogP contribution in [0.1, 0.15) is 29.6 Å². The number of nitrogens with zero attached hydrogens (tertiary/aromatic N) is 5. The zero-order valence-electron chi connectivity index (χ0n) is 14.8. The average Bonchev–Trinajstić information content (AvgIpc) is 3.06. The van der Waals surface area contributed by atoms with Crippen molar-refractivity contribution in [2.45, 2.75) is 35.4 Å². The summed E-state index contributed by atoms with van der Waals surface area (Å²) in [5, 5.41) is 19.7. The number of benzene rings is 1. The molecule has 2 N–H and O–H groups in total. The van der Waals surface area contributed by atoms with Crippen molar-refractivity contribution >= 4 is 35.8 Å². The summed E-state index contributed by atoms with van der Waals surface area (Å²) in [5.74, 6) is -0.210. The van der Waals surface area contributed by atoms with Gasteiger partial charge in [0.2, 0.25) is 0 Å². The Labute approximate surface area is 166 Å². The summed E-state index contributed by atoms with van der Waals surface area (Å²) < 4.78 is 1.67. The second-order valence-electron chi connectivity index (χ2n) is 6.15. The number of rotatable bonds is 5. The van der Waals surface area contributed by atoms with Crippen molar-refractivity contribution in [1.29, 1.82) is 0 Å². The van der Waals surface area contributed by atoms with Crippen LogP contribution in [0, 0.1) is 10.1 Å². The van der Waals surface area contributed by atoms with Crippen LogP contribution in [0.4, 0.5) is 5.69 Å². The minimum atomic E-state index is -0.480. The Kier molecular flexibility index (Phi) is 7.17. The molecule has 1 aliphatic rings. The highest BCUT2D eigenvalue weighted by Crippen LogP contribution is 2.34. The third kappa shape index (κ3) is 4.57. The zero-order valence-corrected chi connectivity index (χ0v) is 16.4. The van der Waals surface area contributed by atoms with Gasteiger partial charge >= 0.3 is 0 Å². The molecule has 2 heterocycles. The lowest BCUT2D eigenvalue weighted by atomic mass is 10.0. The first-order chi connectivity index (χ1) is 12.5. The number of piperidine rings is 1. The highest BCUT2D eigenvalue weighted by atomic mass is 35.5. The van der Waals surface area contributed by atoms with Gasteiger partial charge in [0.1, 0.15) is 6.33 Å². The SMILES string of the molecule is Cl.Cn1cnnc1Sc1ccc(C(=O)N2CCCCC2CN)cc1[N+](=O)[O-]. The number of halogens is 1. The third-order valence-electron chi connectivity index (χ3n) is 4.43. The van der Waals surface area contributed by atoms with E-state index in [4.69, 9.17) is 5.73 Å². The molecule has 1 atom stereocenters. The number of nitro benzene ring substituents is 1. The Morgan fingerprint density at radius 1 is 1.44 bits per heavy atom. The molecule has 0 aliphatic carbocycles. The Morgan fingerprint density at radius 2 is 2.22 bits per heavy atom. The van der Waals surface area contributed by atoms with Gasteiger partial charge in [0.25, 0.3) is 11.6 Å². The average molecular weight is 413 g/mol. The number of aryl methyl sites for hydroxylation is 1. The van der Waals surface area contributed by atoms with Crippen LogP contribution in [0.5, 0.6) is 0 Å². The van der Waals surface area contributed by atoms with Gasteiger partial charge in [-0.05, 0) is 43.2 Å². The van der Waals surface area contributed by atoms with Crippen molar-refractivity contribution in [2.24, 2.45) is 12.8 Å². The molecule has 27 heavy (non-hydrogen) atoms. The Hall–Kier alpha value is -2.17. The van der Waals surface area contributed by atoms with Crippen LogP contribution >= 0.6 is 24.2 Å². The maximum absolute atomic E-state index is 12.8. The summed E-state index contributed by atoms with van der Waals surface area (Å²) >= 11 is 1.14. The fourth-order valence-corrected chi connectivity index (χ4v) is 3.87. The van der Waals surface area contributed by atoms with E-state index in [1.165, 1.54) is 12.4 Å². The van der Waals surface area contributed by atoms with Crippen LogP contribution in [0.25, 0.3) is 0 Å². The van der Waals surface area contributed by atoms with Gasteiger partial charge in [-0.3, -0.25) is 14.9 Å². The maximum Gasteiger partial charge on any atom is 0.284 e. The Bertz CT molecular complexity index is 830. The molecular formula is C16H21ClN6O3S. The predicted octanol–water partition coefficient (Wildman–Crippen LogP) is 2.25. The molecule has 1 aliphatic heterocycles. The molecule has 0 spiro atoms. The van der Waals surface area contributed by atoms with E-state index in [1.807, 2.05) is 0 Å². The van der Waals surface area contributed by atoms with E-state index in [0.29, 0.717) is 28.7 Å². The van der Waals surface area contributed by atoms with E-state index in [9.17, 15) is 14.9 Å². The molecule has 0 saturated carbocycles. The fraction of sp³-hybridized carbons (Fsp3) is 0.438. The molecule has 1 aromatic heterocycles. The Morgan fingerprint density at radius 3 is 2.85 bits per heavy atom. The minimum Gasteiger partial charge on any atom is -0.334 e. The van der Waals surface area contributed by atoms with E-state index >= 15 is 0 Å². The van der Waals surface area contributed by atoms with Crippen LogP contribution in [0.3, 0.4) is 0 Å². The van der Waals surface area contributed by atoms with Gasteiger partial charge in [-0.25, -0.2) is 0 Å². The monoisotopic (exact) mass is 412 g/mol. The standard InChI is InChI=1S/C16H20N6O3S.ClH/c1-20-10-18-19-16(20)26-14-6-5-11(8-13(14)22(24)25)15(23)21-7-3-2-4-12(21)9-17;/h5-6,8,10,12H,2-4,7,9,17H2,1H3;1H. The lowest BCUT2D eigenvalue weighted by Crippen LogP contribution is -2.47. The lowest BCUT2D eigenvalue weighted by molar-refractivity contribution is -0.387. The second-order valence-corrected chi connectivity index (χ2v) is 7.16. The lowest BCUT2D eigenvalue weighted by Gasteiger charge is -2.35. The quantitative estimate of drug-likeness (QED) is 0.590. The molecule has 1 amide bonds. The van der Waals surface area contributed by atoms with E-state index < -0.39 is 4.92 Å². The number of nitrogens with two attached hydrogens (primary N) is 1. The highest BCUT2D eigenvalue weighted by molar-refractivity contribution is 7.99. The van der Waals surface area contributed by atoms with Crippen LogP contribution in [-0.4, -0.2) is 49.6 Å². The first-order valence-electron chi connectivity index (χ1n) is 8.32. The molecule has 1 saturated heterocycles. The molecule has 0 radical (unpaired) electrons. The van der Waals surface area contributed by atoms with Gasteiger partial charge in [0.15, 0.2) is 5.16 Å². The second kappa shape index (κ2) is 9.16. The largest absolute Gasteiger partial charge is 0.334 e. The van der Waals surface area contributed by atoms with Gasteiger partial charge in [0.05, 0.1) is 9.82 Å². The van der Waals surface area contributed by atoms with Crippen molar-refractivity contribution < 1.29 is 9.72 Å². The first-order valence-corrected chi connectivity index (χ1v) is 9.14. The molecule has 1 aromatic carbocycles. The number of hydrogen-bond donors (Lipinski definition) is 1. The normalized spacial score (nSPS) is 16.7. The number of amides is 1. The van der Waals surface area contributed by atoms with Gasteiger partial charge in [-0.1, -0.05) is 0 Å². The van der Waals surface area contributed by atoms with Crippen LogP contribution in [-0.2, 0) is 7.05 Å². The topological polar surface area (TPSA) is 120 Å². The summed E-state index contributed by atoms with van der Waals surface area (Å²) in [6.07, 6.45) is 4.35. The summed E-state index contributed by atoms with van der Waals surface area (Å²) in [6.45, 7) is 1.03. The van der Waals surface area contributed by atoms with Crippen molar-refractivity contribution in [2.75, 3.05) is 13.1 Å². The van der Waals surface area contributed by atoms with Crippen molar-refractivity contribution in [3.63, 3.8) is 0 Å². The summed E-state index contributed by atoms with van der Waals surface area (Å²) in [4.78, 5) is 26.0. The summed E-state index contributed by atoms with van der Waals surface area (Å²) in [5.41, 5.74) is 5.97. The van der Waals surface area contributed by atoms with Gasteiger partial charge in [0, 0.05) is 37.8 Å². The molecular weight excluding hydrogens is 392 g/mol. The van der Waals surface area contributed by atoms with Gasteiger partial charge in [-0.15, -0.1) is 22.6 Å². The van der Waals surface area contributed by atoms with Crippen LogP contribution in [0.2, 0.25) is 0 Å². The molecule has 1 unspecified atom stereocenters. The number of aromatic nitrogens is 3. The third-order valence-corrected chi connectivity index (χ3v) is 5.55. The Balaban J connectivity index is 0.00000261. The molecule has 146 valence electrons. The van der Waals surface area contributed by atoms with Crippen molar-refractivity contribution in [3.05, 3.63) is 40.2 Å². The maximum atomic E-state index is 12.8. The van der Waals surface area contributed by atoms with Gasteiger partial charge in [-0.2, -0.15) is 0 Å². The van der Waals surface area contributed by atoms with E-state index in [0.717, 1.165) is 31.0 Å². The smallest absolute Gasteiger partial charge is 0.284 e. The van der Waals surface area contributed by atoms with E-state index in [2.05, 4.69) is 10.2 Å². The van der Waals surface area contributed by atoms with Crippen LogP contribution in [0.15, 0.2) is 34.6 Å². The molecule has 1 fully saturated rings.